The van der Waals surface area contributed by atoms with Gasteiger partial charge in [0.25, 0.3) is 0 Å². The van der Waals surface area contributed by atoms with E-state index in [0.717, 1.165) is 64.2 Å². The predicted molar refractivity (Wildman–Crippen MR) is 288 cm³/mol. The van der Waals surface area contributed by atoms with E-state index in [4.69, 9.17) is 23.6 Å². The minimum Gasteiger partial charge on any atom is -0.457 e. The molecule has 0 aliphatic rings. The van der Waals surface area contributed by atoms with Crippen molar-refractivity contribution in [2.45, 2.75) is 283 Å². The third-order valence-electron chi connectivity index (χ3n) is 12.5. The number of allylic oxidation sites excluding steroid dienone is 8. The van der Waals surface area contributed by atoms with E-state index in [-0.39, 0.29) is 25.6 Å². The molecular weight excluding hydrogens is 872 g/mol. The van der Waals surface area contributed by atoms with Crippen LogP contribution in [-0.2, 0) is 27.9 Å². The number of hydrogen-bond donors (Lipinski definition) is 3. The van der Waals surface area contributed by atoms with Crippen molar-refractivity contribution in [1.82, 2.24) is 0 Å². The van der Waals surface area contributed by atoms with Crippen LogP contribution < -0.4 is 0 Å². The van der Waals surface area contributed by atoms with Crippen LogP contribution in [0.15, 0.2) is 48.6 Å². The Bertz CT molecular complexity index is 1200. The van der Waals surface area contributed by atoms with Crippen LogP contribution >= 0.6 is 7.82 Å². The summed E-state index contributed by atoms with van der Waals surface area (Å²) in [5, 5.41) is 18.5. The smallest absolute Gasteiger partial charge is 0.457 e. The van der Waals surface area contributed by atoms with E-state index in [1.54, 1.807) is 0 Å². The minimum atomic E-state index is -4.53. The molecule has 0 aliphatic carbocycles. The van der Waals surface area contributed by atoms with Crippen molar-refractivity contribution in [2.24, 2.45) is 0 Å². The first-order chi connectivity index (χ1) is 33.3. The van der Waals surface area contributed by atoms with Gasteiger partial charge in [-0.1, -0.05) is 236 Å². The highest BCUT2D eigenvalue weighted by Crippen LogP contribution is 2.43. The van der Waals surface area contributed by atoms with Crippen molar-refractivity contribution < 1.29 is 43.0 Å². The molecule has 0 amide bonds. The molecule has 0 heterocycles. The summed E-state index contributed by atoms with van der Waals surface area (Å²) in [6, 6.07) is 0. The van der Waals surface area contributed by atoms with Gasteiger partial charge in [0.2, 0.25) is 0 Å². The van der Waals surface area contributed by atoms with E-state index < -0.39 is 33.2 Å². The first-order valence-corrected chi connectivity index (χ1v) is 30.1. The SMILES string of the molecule is CCCCCCC/C=C\C/C=C\C/C=C\CCCCCCCCCCC(=O)OC(COCCCCCCCCCCCCCC/C=C\CCCCCCCCCC)COP(=O)(O)OCC(O)CO. The van der Waals surface area contributed by atoms with E-state index in [1.807, 2.05) is 0 Å². The molecule has 3 atom stereocenters. The van der Waals surface area contributed by atoms with Crippen molar-refractivity contribution in [3.05, 3.63) is 48.6 Å². The van der Waals surface area contributed by atoms with E-state index >= 15 is 0 Å². The number of carbonyl (C=O) groups is 1. The molecule has 0 radical (unpaired) electrons. The van der Waals surface area contributed by atoms with Crippen LogP contribution in [0.25, 0.3) is 0 Å². The highest BCUT2D eigenvalue weighted by Gasteiger charge is 2.26. The predicted octanol–water partition coefficient (Wildman–Crippen LogP) is 17.3. The molecule has 0 aromatic carbocycles. The summed E-state index contributed by atoms with van der Waals surface area (Å²) in [6.45, 7) is 3.54. The lowest BCUT2D eigenvalue weighted by Crippen LogP contribution is -2.29. The van der Waals surface area contributed by atoms with Crippen LogP contribution in [-0.4, -0.2) is 66.3 Å². The number of hydrogen-bond acceptors (Lipinski definition) is 8. The molecule has 9 nitrogen and oxygen atoms in total. The first-order valence-electron chi connectivity index (χ1n) is 28.6. The molecule has 0 aromatic heterocycles. The Morgan fingerprint density at radius 2 is 0.794 bits per heavy atom. The number of esters is 1. The van der Waals surface area contributed by atoms with Crippen LogP contribution in [0.5, 0.6) is 0 Å². The van der Waals surface area contributed by atoms with Gasteiger partial charge in [-0.3, -0.25) is 13.8 Å². The zero-order valence-corrected chi connectivity index (χ0v) is 45.2. The second kappa shape index (κ2) is 54.7. The third kappa shape index (κ3) is 53.8. The van der Waals surface area contributed by atoms with E-state index in [0.29, 0.717) is 6.61 Å². The van der Waals surface area contributed by atoms with Gasteiger partial charge in [-0.2, -0.15) is 0 Å². The molecule has 0 saturated heterocycles. The van der Waals surface area contributed by atoms with E-state index in [2.05, 4.69) is 62.5 Å². The lowest BCUT2D eigenvalue weighted by atomic mass is 10.0. The molecule has 0 saturated carbocycles. The summed E-state index contributed by atoms with van der Waals surface area (Å²) in [6.07, 6.45) is 65.2. The Kier molecular flexibility index (Phi) is 53.5. The second-order valence-electron chi connectivity index (χ2n) is 19.3. The lowest BCUT2D eigenvalue weighted by Gasteiger charge is -2.20. The van der Waals surface area contributed by atoms with Gasteiger partial charge in [-0.25, -0.2) is 4.57 Å². The molecule has 3 N–H and O–H groups in total. The molecule has 400 valence electrons. The molecule has 0 rings (SSSR count). The van der Waals surface area contributed by atoms with Crippen molar-refractivity contribution >= 4 is 13.8 Å². The van der Waals surface area contributed by atoms with E-state index in [1.165, 1.54) is 186 Å². The molecule has 0 aliphatic heterocycles. The maximum Gasteiger partial charge on any atom is 0.472 e. The van der Waals surface area contributed by atoms with Crippen molar-refractivity contribution in [2.75, 3.05) is 33.0 Å². The summed E-state index contributed by atoms with van der Waals surface area (Å²) >= 11 is 0. The maximum absolute atomic E-state index is 12.7. The van der Waals surface area contributed by atoms with Crippen molar-refractivity contribution in [1.29, 1.82) is 0 Å². The van der Waals surface area contributed by atoms with Gasteiger partial charge in [-0.05, 0) is 77.0 Å². The van der Waals surface area contributed by atoms with Crippen LogP contribution in [0.4, 0.5) is 0 Å². The molecule has 0 spiro atoms. The Morgan fingerprint density at radius 1 is 0.456 bits per heavy atom. The molecular formula is C58H109O9P. The zero-order chi connectivity index (χ0) is 49.5. The normalized spacial score (nSPS) is 14.0. The highest BCUT2D eigenvalue weighted by atomic mass is 31.2. The first kappa shape index (κ1) is 66.4. The van der Waals surface area contributed by atoms with Gasteiger partial charge >= 0.3 is 13.8 Å². The number of rotatable bonds is 55. The Labute approximate surface area is 419 Å². The second-order valence-corrected chi connectivity index (χ2v) is 20.8. The molecule has 0 fully saturated rings. The highest BCUT2D eigenvalue weighted by molar-refractivity contribution is 7.47. The fourth-order valence-corrected chi connectivity index (χ4v) is 8.91. The minimum absolute atomic E-state index is 0.0467. The number of aliphatic hydroxyl groups is 2. The number of aliphatic hydroxyl groups excluding tert-OH is 2. The summed E-state index contributed by atoms with van der Waals surface area (Å²) in [7, 11) is -4.53. The molecule has 3 unspecified atom stereocenters. The molecule has 0 aromatic rings. The zero-order valence-electron chi connectivity index (χ0n) is 44.3. The van der Waals surface area contributed by atoms with Crippen LogP contribution in [0.1, 0.15) is 271 Å². The van der Waals surface area contributed by atoms with Gasteiger partial charge in [-0.15, -0.1) is 0 Å². The lowest BCUT2D eigenvalue weighted by molar-refractivity contribution is -0.154. The average molecular weight is 981 g/mol. The fourth-order valence-electron chi connectivity index (χ4n) is 8.12. The monoisotopic (exact) mass is 981 g/mol. The van der Waals surface area contributed by atoms with Crippen LogP contribution in [0.2, 0.25) is 0 Å². The number of ether oxygens (including phenoxy) is 2. The standard InChI is InChI=1S/C58H109O9P/c1-3-5-7-9-11-13-15-17-19-21-23-25-27-29-31-33-35-37-39-41-43-45-47-49-51-64-54-57(55-66-68(62,63)65-53-56(60)52-59)67-58(61)50-48-46-44-42-40-38-36-34-32-30-28-26-24-22-20-18-16-14-12-10-8-6-4-2/h16,18,21-24,28,30,56-57,59-60H,3-15,17,19-20,25-27,29,31-55H2,1-2H3,(H,62,63)/b18-16-,23-21-,24-22-,30-28-. The number of phosphoric acid groups is 1. The number of carbonyl (C=O) groups excluding carboxylic acids is 1. The average Bonchev–Trinajstić information content (AvgIpc) is 3.33. The molecule has 0 bridgehead atoms. The summed E-state index contributed by atoms with van der Waals surface area (Å²) in [5.41, 5.74) is 0. The molecule has 10 heteroatoms. The fraction of sp³-hybridized carbons (Fsp3) is 0.845. The maximum atomic E-state index is 12.7. The Hall–Kier alpha value is -1.58. The topological polar surface area (TPSA) is 132 Å². The summed E-state index contributed by atoms with van der Waals surface area (Å²) in [4.78, 5) is 22.8. The van der Waals surface area contributed by atoms with Crippen molar-refractivity contribution in [3.63, 3.8) is 0 Å². The van der Waals surface area contributed by atoms with Crippen LogP contribution in [0, 0.1) is 0 Å². The Morgan fingerprint density at radius 3 is 1.21 bits per heavy atom. The van der Waals surface area contributed by atoms with E-state index in [9.17, 15) is 19.4 Å². The van der Waals surface area contributed by atoms with Gasteiger partial charge in [0.1, 0.15) is 12.2 Å². The van der Waals surface area contributed by atoms with Gasteiger partial charge in [0.15, 0.2) is 0 Å². The number of unbranched alkanes of at least 4 members (excludes halogenated alkanes) is 33. The van der Waals surface area contributed by atoms with Crippen LogP contribution in [0.3, 0.4) is 0 Å². The molecule has 68 heavy (non-hydrogen) atoms. The van der Waals surface area contributed by atoms with Gasteiger partial charge in [0, 0.05) is 13.0 Å². The van der Waals surface area contributed by atoms with Gasteiger partial charge < -0.3 is 24.6 Å². The van der Waals surface area contributed by atoms with Crippen molar-refractivity contribution in [3.8, 4) is 0 Å². The quantitative estimate of drug-likeness (QED) is 0.0236. The Balaban J connectivity index is 4.03. The largest absolute Gasteiger partial charge is 0.472 e. The summed E-state index contributed by atoms with van der Waals surface area (Å²) < 4.78 is 33.6. The number of phosphoric ester groups is 1. The third-order valence-corrected chi connectivity index (χ3v) is 13.4. The van der Waals surface area contributed by atoms with Gasteiger partial charge in [0.05, 0.1) is 26.4 Å². The summed E-state index contributed by atoms with van der Waals surface area (Å²) in [5.74, 6) is -0.386.